The van der Waals surface area contributed by atoms with Gasteiger partial charge in [0.1, 0.15) is 5.76 Å². The minimum Gasteiger partial charge on any atom is -0.467 e. The highest BCUT2D eigenvalue weighted by atomic mass is 32.2. The summed E-state index contributed by atoms with van der Waals surface area (Å²) in [6, 6.07) is 29.7. The second-order valence-electron chi connectivity index (χ2n) is 8.09. The number of para-hydroxylation sites is 1. The first-order valence-electron chi connectivity index (χ1n) is 11.3. The first-order valence-corrected chi connectivity index (χ1v) is 12.3. The number of carbonyl (C=O) groups is 1. The number of rotatable bonds is 8. The van der Waals surface area contributed by atoms with Crippen LogP contribution in [0.4, 0.5) is 5.69 Å². The quantitative estimate of drug-likeness (QED) is 0.264. The van der Waals surface area contributed by atoms with Crippen LogP contribution in [0.1, 0.15) is 11.3 Å². The zero-order valence-corrected chi connectivity index (χ0v) is 20.0. The molecular formula is C28H24N4O2S. The number of amides is 1. The summed E-state index contributed by atoms with van der Waals surface area (Å²) in [5.41, 5.74) is 4.95. The molecule has 2 aromatic heterocycles. The summed E-state index contributed by atoms with van der Waals surface area (Å²) in [5.74, 6) is 1.62. The Morgan fingerprint density at radius 2 is 1.66 bits per heavy atom. The average Bonchev–Trinajstić information content (AvgIpc) is 3.55. The molecule has 0 saturated carbocycles. The molecular weight excluding hydrogens is 456 g/mol. The molecule has 0 saturated heterocycles. The summed E-state index contributed by atoms with van der Waals surface area (Å²) in [7, 11) is 0. The van der Waals surface area contributed by atoms with Gasteiger partial charge in [0.2, 0.25) is 5.91 Å². The molecule has 1 N–H and O–H groups in total. The van der Waals surface area contributed by atoms with Crippen molar-refractivity contribution in [2.24, 2.45) is 0 Å². The van der Waals surface area contributed by atoms with Gasteiger partial charge in [0.15, 0.2) is 11.0 Å². The molecule has 0 atom stereocenters. The summed E-state index contributed by atoms with van der Waals surface area (Å²) in [4.78, 5) is 12.9. The second kappa shape index (κ2) is 10.4. The maximum absolute atomic E-state index is 12.9. The van der Waals surface area contributed by atoms with Crippen molar-refractivity contribution in [3.8, 4) is 22.5 Å². The van der Waals surface area contributed by atoms with Crippen molar-refractivity contribution in [1.82, 2.24) is 14.8 Å². The molecule has 6 nitrogen and oxygen atoms in total. The number of aromatic nitrogens is 3. The van der Waals surface area contributed by atoms with E-state index in [-0.39, 0.29) is 11.7 Å². The fourth-order valence-corrected chi connectivity index (χ4v) is 4.53. The van der Waals surface area contributed by atoms with Gasteiger partial charge in [0.25, 0.3) is 0 Å². The topological polar surface area (TPSA) is 73.0 Å². The van der Waals surface area contributed by atoms with Gasteiger partial charge in [-0.05, 0) is 30.7 Å². The Morgan fingerprint density at radius 1 is 0.886 bits per heavy atom. The number of carbonyl (C=O) groups excluding carboxylic acids is 1. The van der Waals surface area contributed by atoms with Gasteiger partial charge >= 0.3 is 0 Å². The number of hydrogen-bond donors (Lipinski definition) is 1. The summed E-state index contributed by atoms with van der Waals surface area (Å²) in [6.07, 6.45) is 1.65. The minimum absolute atomic E-state index is 0.109. The van der Waals surface area contributed by atoms with E-state index in [0.717, 1.165) is 34.0 Å². The van der Waals surface area contributed by atoms with Crippen LogP contribution >= 0.6 is 11.8 Å². The predicted octanol–water partition coefficient (Wildman–Crippen LogP) is 6.29. The van der Waals surface area contributed by atoms with Crippen LogP contribution in [0.2, 0.25) is 0 Å². The van der Waals surface area contributed by atoms with Crippen LogP contribution in [0.5, 0.6) is 0 Å². The summed E-state index contributed by atoms with van der Waals surface area (Å²) in [5, 5.41) is 12.5. The molecule has 0 aliphatic heterocycles. The van der Waals surface area contributed by atoms with Crippen LogP contribution in [-0.4, -0.2) is 26.4 Å². The smallest absolute Gasteiger partial charge is 0.234 e. The third kappa shape index (κ3) is 5.36. The Labute approximate surface area is 208 Å². The second-order valence-corrected chi connectivity index (χ2v) is 9.03. The fourth-order valence-electron chi connectivity index (χ4n) is 3.79. The molecule has 3 aromatic carbocycles. The fraction of sp³-hybridized carbons (Fsp3) is 0.107. The first-order chi connectivity index (χ1) is 17.2. The predicted molar refractivity (Wildman–Crippen MR) is 139 cm³/mol. The van der Waals surface area contributed by atoms with E-state index in [4.69, 9.17) is 4.42 Å². The van der Waals surface area contributed by atoms with E-state index in [9.17, 15) is 4.79 Å². The normalized spacial score (nSPS) is 10.9. The molecule has 0 bridgehead atoms. The van der Waals surface area contributed by atoms with Gasteiger partial charge in [-0.2, -0.15) is 0 Å². The summed E-state index contributed by atoms with van der Waals surface area (Å²) in [6.45, 7) is 2.52. The van der Waals surface area contributed by atoms with Crippen molar-refractivity contribution in [3.63, 3.8) is 0 Å². The van der Waals surface area contributed by atoms with E-state index in [0.29, 0.717) is 11.7 Å². The van der Waals surface area contributed by atoms with Crippen LogP contribution in [0.15, 0.2) is 107 Å². The average molecular weight is 481 g/mol. The van der Waals surface area contributed by atoms with Crippen molar-refractivity contribution in [3.05, 3.63) is 109 Å². The van der Waals surface area contributed by atoms with E-state index in [1.807, 2.05) is 102 Å². The number of furan rings is 1. The third-order valence-electron chi connectivity index (χ3n) is 5.54. The highest BCUT2D eigenvalue weighted by molar-refractivity contribution is 7.99. The molecule has 5 aromatic rings. The molecule has 0 spiro atoms. The van der Waals surface area contributed by atoms with Crippen molar-refractivity contribution in [1.29, 1.82) is 0 Å². The molecule has 2 heterocycles. The highest BCUT2D eigenvalue weighted by Crippen LogP contribution is 2.29. The molecule has 174 valence electrons. The molecule has 0 aliphatic carbocycles. The molecule has 0 unspecified atom stereocenters. The maximum Gasteiger partial charge on any atom is 0.234 e. The molecule has 0 radical (unpaired) electrons. The van der Waals surface area contributed by atoms with E-state index in [1.165, 1.54) is 17.3 Å². The maximum atomic E-state index is 12.9. The lowest BCUT2D eigenvalue weighted by atomic mass is 10.0. The lowest BCUT2D eigenvalue weighted by molar-refractivity contribution is -0.113. The largest absolute Gasteiger partial charge is 0.467 e. The van der Waals surface area contributed by atoms with Gasteiger partial charge in [-0.3, -0.25) is 9.36 Å². The standard InChI is InChI=1S/C28H24N4O2S/c1-20-13-15-22(16-14-20)27-30-31-28(32(27)18-23-10-7-17-34-23)35-19-26(33)29-25-12-6-5-11-24(25)21-8-3-2-4-9-21/h2-17H,18-19H2,1H3,(H,29,33). The number of thioether (sulfide) groups is 1. The number of nitrogens with zero attached hydrogens (tertiary/aromatic N) is 3. The van der Waals surface area contributed by atoms with E-state index >= 15 is 0 Å². The molecule has 7 heteroatoms. The van der Waals surface area contributed by atoms with Crippen molar-refractivity contribution in [2.45, 2.75) is 18.6 Å². The molecule has 1 amide bonds. The number of aryl methyl sites for hydroxylation is 1. The monoisotopic (exact) mass is 480 g/mol. The zero-order valence-electron chi connectivity index (χ0n) is 19.2. The summed E-state index contributed by atoms with van der Waals surface area (Å²) < 4.78 is 7.55. The van der Waals surface area contributed by atoms with Gasteiger partial charge in [0, 0.05) is 16.8 Å². The van der Waals surface area contributed by atoms with Crippen LogP contribution in [0, 0.1) is 6.92 Å². The van der Waals surface area contributed by atoms with E-state index < -0.39 is 0 Å². The van der Waals surface area contributed by atoms with Gasteiger partial charge in [-0.15, -0.1) is 10.2 Å². The van der Waals surface area contributed by atoms with Gasteiger partial charge in [-0.25, -0.2) is 0 Å². The van der Waals surface area contributed by atoms with Gasteiger partial charge < -0.3 is 9.73 Å². The Balaban J connectivity index is 1.34. The minimum atomic E-state index is -0.109. The molecule has 5 rings (SSSR count). The number of nitrogens with one attached hydrogen (secondary N) is 1. The number of benzene rings is 3. The first kappa shape index (κ1) is 22.7. The zero-order chi connectivity index (χ0) is 24.0. The lowest BCUT2D eigenvalue weighted by Crippen LogP contribution is -2.15. The molecule has 35 heavy (non-hydrogen) atoms. The third-order valence-corrected chi connectivity index (χ3v) is 6.51. The molecule has 0 fully saturated rings. The van der Waals surface area contributed by atoms with Crippen molar-refractivity contribution in [2.75, 3.05) is 11.1 Å². The van der Waals surface area contributed by atoms with E-state index in [1.54, 1.807) is 6.26 Å². The van der Waals surface area contributed by atoms with E-state index in [2.05, 4.69) is 15.5 Å². The van der Waals surface area contributed by atoms with Crippen LogP contribution in [0.25, 0.3) is 22.5 Å². The highest BCUT2D eigenvalue weighted by Gasteiger charge is 2.17. The Bertz CT molecular complexity index is 1410. The number of hydrogen-bond acceptors (Lipinski definition) is 5. The number of anilines is 1. The Kier molecular flexibility index (Phi) is 6.77. The molecule has 0 aliphatic rings. The van der Waals surface area contributed by atoms with Crippen LogP contribution < -0.4 is 5.32 Å². The Hall–Kier alpha value is -4.10. The van der Waals surface area contributed by atoms with Crippen LogP contribution in [-0.2, 0) is 11.3 Å². The van der Waals surface area contributed by atoms with Gasteiger partial charge in [-0.1, -0.05) is 90.1 Å². The lowest BCUT2D eigenvalue weighted by Gasteiger charge is -2.12. The van der Waals surface area contributed by atoms with Crippen molar-refractivity contribution >= 4 is 23.4 Å². The van der Waals surface area contributed by atoms with Crippen molar-refractivity contribution < 1.29 is 9.21 Å². The summed E-state index contributed by atoms with van der Waals surface area (Å²) >= 11 is 1.35. The van der Waals surface area contributed by atoms with Gasteiger partial charge in [0.05, 0.1) is 18.6 Å². The SMILES string of the molecule is Cc1ccc(-c2nnc(SCC(=O)Nc3ccccc3-c3ccccc3)n2Cc2ccco2)cc1. The van der Waals surface area contributed by atoms with Crippen LogP contribution in [0.3, 0.4) is 0 Å². The Morgan fingerprint density at radius 3 is 2.43 bits per heavy atom.